The smallest absolute Gasteiger partial charge is 0.306 e. The van der Waals surface area contributed by atoms with Gasteiger partial charge in [-0.1, -0.05) is 253 Å². The summed E-state index contributed by atoms with van der Waals surface area (Å²) in [6.45, 7) is 4.07. The van der Waals surface area contributed by atoms with Gasteiger partial charge in [0.25, 0.3) is 7.82 Å². The van der Waals surface area contributed by atoms with Crippen LogP contribution in [0.25, 0.3) is 0 Å². The molecule has 0 rings (SSSR count). The highest BCUT2D eigenvalue weighted by Crippen LogP contribution is 2.38. The number of esters is 2. The molecule has 0 aromatic carbocycles. The van der Waals surface area contributed by atoms with Crippen molar-refractivity contribution in [2.24, 2.45) is 0 Å². The summed E-state index contributed by atoms with van der Waals surface area (Å²) in [5.74, 6) is -0.878. The van der Waals surface area contributed by atoms with Crippen LogP contribution in [0.15, 0.2) is 85.1 Å². The van der Waals surface area contributed by atoms with E-state index in [0.29, 0.717) is 17.4 Å². The number of carbonyl (C=O) groups is 2. The van der Waals surface area contributed by atoms with Gasteiger partial charge < -0.3 is 27.9 Å². The zero-order valence-corrected chi connectivity index (χ0v) is 50.8. The number of likely N-dealkylation sites (N-methyl/N-ethyl adjacent to an activating group) is 1. The molecule has 0 spiro atoms. The van der Waals surface area contributed by atoms with Gasteiger partial charge in [0, 0.05) is 12.8 Å². The lowest BCUT2D eigenvalue weighted by molar-refractivity contribution is -0.870. The second-order valence-corrected chi connectivity index (χ2v) is 23.4. The summed E-state index contributed by atoms with van der Waals surface area (Å²) < 4.78 is 34.1. The van der Waals surface area contributed by atoms with Gasteiger partial charge in [-0.25, -0.2) is 0 Å². The van der Waals surface area contributed by atoms with Crippen LogP contribution in [0.3, 0.4) is 0 Å². The van der Waals surface area contributed by atoms with Crippen molar-refractivity contribution in [2.45, 2.75) is 277 Å². The molecule has 0 aliphatic carbocycles. The standard InChI is InChI=1S/C66H118NO8P/c1-6-8-10-12-14-16-18-20-22-23-24-25-26-27-28-29-30-31-32-33-34-35-36-37-38-39-40-41-42-43-45-46-48-50-52-54-56-58-65(68)72-62-64(63-74-76(70,71)73-61-60-67(3,4)5)75-66(69)59-57-55-53-51-49-47-44-21-19-17-15-13-11-9-7-2/h9,11,15,17-18,20-21,23-24,26-27,44,49,51,64H,6-8,10,12-14,16,19,22,25,28-43,45-48,50,52-63H2,1-5H3/b11-9-,17-15-,20-18-,24-23-,27-26-,44-21-,51-49-. The molecular weight excluding hydrogens is 966 g/mol. The third kappa shape index (κ3) is 60.4. The van der Waals surface area contributed by atoms with Crippen molar-refractivity contribution < 1.29 is 42.1 Å². The summed E-state index contributed by atoms with van der Waals surface area (Å²) in [4.78, 5) is 37.8. The normalized spacial score (nSPS) is 13.8. The van der Waals surface area contributed by atoms with Crippen LogP contribution in [-0.2, 0) is 32.7 Å². The summed E-state index contributed by atoms with van der Waals surface area (Å²) in [7, 11) is 1.14. The molecule has 0 saturated carbocycles. The third-order valence-corrected chi connectivity index (χ3v) is 14.4. The predicted octanol–water partition coefficient (Wildman–Crippen LogP) is 19.2. The molecule has 0 radical (unpaired) electrons. The SMILES string of the molecule is CC/C=C\C/C=C\C/C=C\C/C=C\CCCCC(=O)OC(COC(=O)CCCCCCCCCCCCCCCCCCCCCCCC/C=C\C/C=C\C/C=C\CCCCCCC)COP(=O)([O-])OCC[N+](C)(C)C. The van der Waals surface area contributed by atoms with E-state index in [4.69, 9.17) is 18.5 Å². The van der Waals surface area contributed by atoms with E-state index in [-0.39, 0.29) is 26.1 Å². The molecule has 0 aromatic heterocycles. The zero-order valence-electron chi connectivity index (χ0n) is 49.9. The molecule has 0 N–H and O–H groups in total. The van der Waals surface area contributed by atoms with Crippen LogP contribution in [0.1, 0.15) is 271 Å². The molecule has 2 unspecified atom stereocenters. The van der Waals surface area contributed by atoms with E-state index >= 15 is 0 Å². The van der Waals surface area contributed by atoms with Crippen molar-refractivity contribution in [1.82, 2.24) is 0 Å². The minimum Gasteiger partial charge on any atom is -0.756 e. The molecule has 2 atom stereocenters. The number of allylic oxidation sites excluding steroid dienone is 14. The van der Waals surface area contributed by atoms with E-state index in [1.807, 2.05) is 21.1 Å². The number of hydrogen-bond donors (Lipinski definition) is 0. The number of phosphoric acid groups is 1. The lowest BCUT2D eigenvalue weighted by Gasteiger charge is -2.28. The average Bonchev–Trinajstić information content (AvgIpc) is 3.38. The molecule has 0 aromatic rings. The van der Waals surface area contributed by atoms with Gasteiger partial charge in [0.1, 0.15) is 19.8 Å². The molecule has 0 aliphatic heterocycles. The van der Waals surface area contributed by atoms with Crippen LogP contribution >= 0.6 is 7.82 Å². The Hall–Kier alpha value is -2.81. The topological polar surface area (TPSA) is 111 Å². The second kappa shape index (κ2) is 56.9. The molecule has 0 aliphatic rings. The molecule has 0 fully saturated rings. The molecule has 0 bridgehead atoms. The number of unbranched alkanes of at least 4 members (excludes halogenated alkanes) is 29. The van der Waals surface area contributed by atoms with Crippen molar-refractivity contribution in [3.63, 3.8) is 0 Å². The maximum absolute atomic E-state index is 12.7. The third-order valence-electron chi connectivity index (χ3n) is 13.4. The first kappa shape index (κ1) is 73.2. The highest BCUT2D eigenvalue weighted by Gasteiger charge is 2.22. The van der Waals surface area contributed by atoms with Gasteiger partial charge in [-0.2, -0.15) is 0 Å². The van der Waals surface area contributed by atoms with E-state index in [9.17, 15) is 19.0 Å². The number of rotatable bonds is 57. The monoisotopic (exact) mass is 1080 g/mol. The van der Waals surface area contributed by atoms with Gasteiger partial charge in [-0.15, -0.1) is 0 Å². The number of ether oxygens (including phenoxy) is 2. The van der Waals surface area contributed by atoms with Crippen LogP contribution < -0.4 is 4.89 Å². The Morgan fingerprint density at radius 2 is 0.750 bits per heavy atom. The first-order valence-electron chi connectivity index (χ1n) is 31.3. The molecule has 440 valence electrons. The lowest BCUT2D eigenvalue weighted by atomic mass is 10.0. The fourth-order valence-corrected chi connectivity index (χ4v) is 9.33. The van der Waals surface area contributed by atoms with E-state index in [1.165, 1.54) is 167 Å². The summed E-state index contributed by atoms with van der Waals surface area (Å²) in [6.07, 6.45) is 76.8. The lowest BCUT2D eigenvalue weighted by Crippen LogP contribution is -2.37. The van der Waals surface area contributed by atoms with E-state index in [2.05, 4.69) is 98.9 Å². The Kier molecular flexibility index (Phi) is 54.8. The number of carbonyl (C=O) groups excluding carboxylic acids is 2. The predicted molar refractivity (Wildman–Crippen MR) is 323 cm³/mol. The summed E-state index contributed by atoms with van der Waals surface area (Å²) in [6, 6.07) is 0. The fourth-order valence-electron chi connectivity index (χ4n) is 8.60. The Morgan fingerprint density at radius 1 is 0.421 bits per heavy atom. The number of quaternary nitrogens is 1. The minimum atomic E-state index is -4.65. The molecule has 9 nitrogen and oxygen atoms in total. The molecular formula is C66H118NO8P. The van der Waals surface area contributed by atoms with E-state index in [0.717, 1.165) is 70.6 Å². The van der Waals surface area contributed by atoms with Crippen molar-refractivity contribution in [3.8, 4) is 0 Å². The number of phosphoric ester groups is 1. The molecule has 0 amide bonds. The van der Waals surface area contributed by atoms with Gasteiger partial charge >= 0.3 is 11.9 Å². The summed E-state index contributed by atoms with van der Waals surface area (Å²) in [5.41, 5.74) is 0. The highest BCUT2D eigenvalue weighted by molar-refractivity contribution is 7.45. The number of hydrogen-bond acceptors (Lipinski definition) is 8. The van der Waals surface area contributed by atoms with Gasteiger partial charge in [0.15, 0.2) is 6.10 Å². The van der Waals surface area contributed by atoms with E-state index in [1.54, 1.807) is 0 Å². The number of nitrogens with zero attached hydrogens (tertiary/aromatic N) is 1. The maximum atomic E-state index is 12.7. The van der Waals surface area contributed by atoms with Gasteiger partial charge in [0.2, 0.25) is 0 Å². The Labute approximate surface area is 469 Å². The highest BCUT2D eigenvalue weighted by atomic mass is 31.2. The largest absolute Gasteiger partial charge is 0.756 e. The molecule has 76 heavy (non-hydrogen) atoms. The van der Waals surface area contributed by atoms with Gasteiger partial charge in [-0.3, -0.25) is 14.2 Å². The molecule has 0 heterocycles. The van der Waals surface area contributed by atoms with Gasteiger partial charge in [0.05, 0.1) is 27.7 Å². The van der Waals surface area contributed by atoms with E-state index < -0.39 is 32.5 Å². The van der Waals surface area contributed by atoms with Gasteiger partial charge in [-0.05, 0) is 89.9 Å². The minimum absolute atomic E-state index is 0.0411. The summed E-state index contributed by atoms with van der Waals surface area (Å²) >= 11 is 0. The van der Waals surface area contributed by atoms with Crippen LogP contribution in [0.4, 0.5) is 0 Å². The van der Waals surface area contributed by atoms with Crippen LogP contribution in [-0.4, -0.2) is 70.0 Å². The quantitative estimate of drug-likeness (QED) is 0.0195. The maximum Gasteiger partial charge on any atom is 0.306 e. The summed E-state index contributed by atoms with van der Waals surface area (Å²) in [5, 5.41) is 0. The van der Waals surface area contributed by atoms with Crippen LogP contribution in [0.2, 0.25) is 0 Å². The second-order valence-electron chi connectivity index (χ2n) is 22.0. The van der Waals surface area contributed by atoms with Crippen molar-refractivity contribution in [3.05, 3.63) is 85.1 Å². The Morgan fingerprint density at radius 3 is 1.14 bits per heavy atom. The zero-order chi connectivity index (χ0) is 55.6. The molecule has 10 heteroatoms. The fraction of sp³-hybridized carbons (Fsp3) is 0.758. The van der Waals surface area contributed by atoms with Crippen molar-refractivity contribution in [1.29, 1.82) is 0 Å². The van der Waals surface area contributed by atoms with Crippen LogP contribution in [0.5, 0.6) is 0 Å². The van der Waals surface area contributed by atoms with Crippen molar-refractivity contribution in [2.75, 3.05) is 47.5 Å². The first-order chi connectivity index (χ1) is 37.0. The molecule has 0 saturated heterocycles. The van der Waals surface area contributed by atoms with Crippen LogP contribution in [0, 0.1) is 0 Å². The first-order valence-corrected chi connectivity index (χ1v) is 32.8. The Balaban J connectivity index is 3.96. The van der Waals surface area contributed by atoms with Crippen molar-refractivity contribution >= 4 is 19.8 Å². The Bertz CT molecular complexity index is 1560. The average molecular weight is 1080 g/mol.